The van der Waals surface area contributed by atoms with Crippen LogP contribution in [0.2, 0.25) is 0 Å². The molecule has 3 rings (SSSR count). The summed E-state index contributed by atoms with van der Waals surface area (Å²) in [6.07, 6.45) is 1.10. The second kappa shape index (κ2) is 5.80. The quantitative estimate of drug-likeness (QED) is 0.491. The summed E-state index contributed by atoms with van der Waals surface area (Å²) in [7, 11) is 0. The molecule has 0 fully saturated rings. The van der Waals surface area contributed by atoms with Gasteiger partial charge in [-0.05, 0) is 24.3 Å². The van der Waals surface area contributed by atoms with Crippen molar-refractivity contribution in [3.8, 4) is 5.75 Å². The minimum Gasteiger partial charge on any atom is -0.505 e. The van der Waals surface area contributed by atoms with Gasteiger partial charge in [-0.3, -0.25) is 10.1 Å². The summed E-state index contributed by atoms with van der Waals surface area (Å²) in [6.45, 7) is 0. The van der Waals surface area contributed by atoms with E-state index in [1.165, 1.54) is 18.2 Å². The van der Waals surface area contributed by atoms with Gasteiger partial charge in [0.15, 0.2) is 5.75 Å². The van der Waals surface area contributed by atoms with Crippen LogP contribution in [0, 0.1) is 10.1 Å². The lowest BCUT2D eigenvalue weighted by Gasteiger charge is -2.08. The topological polar surface area (TPSA) is 138 Å². The highest BCUT2D eigenvalue weighted by atomic mass is 16.6. The number of aromatic hydroxyl groups is 1. The average Bonchev–Trinajstić information content (AvgIpc) is 2.56. The molecule has 1 aromatic carbocycles. The molecule has 2 aromatic heterocycles. The van der Waals surface area contributed by atoms with Gasteiger partial charge in [-0.1, -0.05) is 6.07 Å². The SMILES string of the molecule is O=C(O)c1ccc2ccc(Nc3ccc([N+](=O)[O-])cn3)nc2c1O. The number of hydrogen-bond donors (Lipinski definition) is 3. The minimum absolute atomic E-state index is 0.127. The molecule has 0 amide bonds. The highest BCUT2D eigenvalue weighted by Crippen LogP contribution is 2.29. The van der Waals surface area contributed by atoms with Gasteiger partial charge in [0.25, 0.3) is 5.69 Å². The zero-order chi connectivity index (χ0) is 17.3. The Bertz CT molecular complexity index is 956. The minimum atomic E-state index is -1.26. The molecular formula is C15H10N4O5. The van der Waals surface area contributed by atoms with Crippen LogP contribution in [-0.2, 0) is 0 Å². The van der Waals surface area contributed by atoms with E-state index in [-0.39, 0.29) is 16.8 Å². The maximum Gasteiger partial charge on any atom is 0.339 e. The van der Waals surface area contributed by atoms with E-state index in [9.17, 15) is 20.0 Å². The van der Waals surface area contributed by atoms with E-state index in [2.05, 4.69) is 15.3 Å². The number of nitro groups is 1. The Kier molecular flexibility index (Phi) is 3.66. The van der Waals surface area contributed by atoms with Gasteiger partial charge in [0, 0.05) is 11.5 Å². The number of phenols is 1. The van der Waals surface area contributed by atoms with Crippen LogP contribution in [0.3, 0.4) is 0 Å². The first kappa shape index (κ1) is 15.2. The number of carboxylic acid groups (broad SMARTS) is 1. The molecule has 3 aromatic rings. The van der Waals surface area contributed by atoms with Gasteiger partial charge in [-0.2, -0.15) is 0 Å². The number of hydrogen-bond acceptors (Lipinski definition) is 7. The number of carboxylic acids is 1. The summed E-state index contributed by atoms with van der Waals surface area (Å²) in [5.74, 6) is -1.06. The van der Waals surface area contributed by atoms with E-state index < -0.39 is 16.6 Å². The molecule has 3 N–H and O–H groups in total. The van der Waals surface area contributed by atoms with Gasteiger partial charge in [-0.15, -0.1) is 0 Å². The van der Waals surface area contributed by atoms with Crippen LogP contribution in [0.15, 0.2) is 42.6 Å². The first-order valence-corrected chi connectivity index (χ1v) is 6.69. The van der Waals surface area contributed by atoms with Crippen molar-refractivity contribution in [2.45, 2.75) is 0 Å². The van der Waals surface area contributed by atoms with Gasteiger partial charge < -0.3 is 15.5 Å². The molecule has 0 saturated carbocycles. The number of carbonyl (C=O) groups is 1. The Hall–Kier alpha value is -3.75. The summed E-state index contributed by atoms with van der Waals surface area (Å²) in [6, 6.07) is 8.81. The van der Waals surface area contributed by atoms with Crippen molar-refractivity contribution >= 4 is 34.2 Å². The van der Waals surface area contributed by atoms with Gasteiger partial charge in [0.2, 0.25) is 0 Å². The number of rotatable bonds is 4. The van der Waals surface area contributed by atoms with E-state index in [0.29, 0.717) is 17.0 Å². The monoisotopic (exact) mass is 326 g/mol. The van der Waals surface area contributed by atoms with Crippen molar-refractivity contribution in [2.24, 2.45) is 0 Å². The molecule has 0 aliphatic rings. The largest absolute Gasteiger partial charge is 0.505 e. The summed E-state index contributed by atoms with van der Waals surface area (Å²) in [5.41, 5.74) is -0.266. The molecule has 120 valence electrons. The fourth-order valence-electron chi connectivity index (χ4n) is 2.12. The second-order valence-corrected chi connectivity index (χ2v) is 4.82. The maximum absolute atomic E-state index is 11.1. The number of nitrogens with one attached hydrogen (secondary N) is 1. The molecular weight excluding hydrogens is 316 g/mol. The van der Waals surface area contributed by atoms with Crippen molar-refractivity contribution in [1.29, 1.82) is 0 Å². The zero-order valence-electron chi connectivity index (χ0n) is 12.0. The lowest BCUT2D eigenvalue weighted by Crippen LogP contribution is -2.00. The van der Waals surface area contributed by atoms with Crippen LogP contribution in [0.1, 0.15) is 10.4 Å². The molecule has 0 saturated heterocycles. The number of pyridine rings is 2. The van der Waals surface area contributed by atoms with E-state index in [1.54, 1.807) is 18.2 Å². The number of anilines is 2. The van der Waals surface area contributed by atoms with Gasteiger partial charge in [-0.25, -0.2) is 14.8 Å². The average molecular weight is 326 g/mol. The summed E-state index contributed by atoms with van der Waals surface area (Å²) in [4.78, 5) is 29.2. The third-order valence-corrected chi connectivity index (χ3v) is 3.28. The van der Waals surface area contributed by atoms with E-state index in [4.69, 9.17) is 5.11 Å². The van der Waals surface area contributed by atoms with Crippen LogP contribution in [0.5, 0.6) is 5.75 Å². The molecule has 9 nitrogen and oxygen atoms in total. The molecule has 0 bridgehead atoms. The smallest absolute Gasteiger partial charge is 0.339 e. The van der Waals surface area contributed by atoms with Gasteiger partial charge in [0.05, 0.1) is 4.92 Å². The third kappa shape index (κ3) is 2.77. The lowest BCUT2D eigenvalue weighted by atomic mass is 10.1. The van der Waals surface area contributed by atoms with Gasteiger partial charge in [0.1, 0.15) is 28.9 Å². The van der Waals surface area contributed by atoms with Crippen LogP contribution in [0.25, 0.3) is 10.9 Å². The van der Waals surface area contributed by atoms with Crippen molar-refractivity contribution in [1.82, 2.24) is 9.97 Å². The first-order chi connectivity index (χ1) is 11.5. The predicted octanol–water partition coefficient (Wildman–Crippen LogP) is 2.69. The lowest BCUT2D eigenvalue weighted by molar-refractivity contribution is -0.385. The Labute approximate surface area is 134 Å². The van der Waals surface area contributed by atoms with Crippen molar-refractivity contribution in [3.63, 3.8) is 0 Å². The van der Waals surface area contributed by atoms with E-state index >= 15 is 0 Å². The van der Waals surface area contributed by atoms with Crippen LogP contribution in [-0.4, -0.2) is 31.1 Å². The Balaban J connectivity index is 1.96. The fourth-order valence-corrected chi connectivity index (χ4v) is 2.12. The second-order valence-electron chi connectivity index (χ2n) is 4.82. The van der Waals surface area contributed by atoms with E-state index in [1.807, 2.05) is 0 Å². The highest BCUT2D eigenvalue weighted by molar-refractivity contribution is 5.99. The van der Waals surface area contributed by atoms with Crippen LogP contribution in [0.4, 0.5) is 17.3 Å². The first-order valence-electron chi connectivity index (χ1n) is 6.69. The molecule has 0 spiro atoms. The number of aromatic carboxylic acids is 1. The Morgan fingerprint density at radius 2 is 1.83 bits per heavy atom. The van der Waals surface area contributed by atoms with Crippen molar-refractivity contribution < 1.29 is 19.9 Å². The molecule has 0 aliphatic carbocycles. The summed E-state index contributed by atoms with van der Waals surface area (Å²) >= 11 is 0. The summed E-state index contributed by atoms with van der Waals surface area (Å²) < 4.78 is 0. The molecule has 0 atom stereocenters. The van der Waals surface area contributed by atoms with Crippen LogP contribution >= 0.6 is 0 Å². The molecule has 2 heterocycles. The normalized spacial score (nSPS) is 10.5. The third-order valence-electron chi connectivity index (χ3n) is 3.28. The highest BCUT2D eigenvalue weighted by Gasteiger charge is 2.14. The zero-order valence-corrected chi connectivity index (χ0v) is 12.0. The fraction of sp³-hybridized carbons (Fsp3) is 0. The number of aromatic nitrogens is 2. The Morgan fingerprint density at radius 3 is 2.46 bits per heavy atom. The van der Waals surface area contributed by atoms with Gasteiger partial charge >= 0.3 is 5.97 Å². The molecule has 9 heteroatoms. The molecule has 0 unspecified atom stereocenters. The van der Waals surface area contributed by atoms with Crippen molar-refractivity contribution in [2.75, 3.05) is 5.32 Å². The molecule has 0 radical (unpaired) electrons. The predicted molar refractivity (Wildman–Crippen MR) is 84.5 cm³/mol. The summed E-state index contributed by atoms with van der Waals surface area (Å²) in [5, 5.41) is 33.1. The maximum atomic E-state index is 11.1. The molecule has 24 heavy (non-hydrogen) atoms. The number of fused-ring (bicyclic) bond motifs is 1. The number of benzene rings is 1. The van der Waals surface area contributed by atoms with Crippen molar-refractivity contribution in [3.05, 3.63) is 58.3 Å². The van der Waals surface area contributed by atoms with E-state index in [0.717, 1.165) is 6.20 Å². The Morgan fingerprint density at radius 1 is 1.12 bits per heavy atom. The van der Waals surface area contributed by atoms with Crippen LogP contribution < -0.4 is 5.32 Å². The standard InChI is InChI=1S/C15H10N4O5/c20-14-10(15(21)22)4-1-8-2-5-12(18-13(8)14)17-11-6-3-9(7-16-11)19(23)24/h1-7,20H,(H,21,22)(H,16,17,18). The molecule has 0 aliphatic heterocycles. The number of nitrogens with zero attached hydrogens (tertiary/aromatic N) is 3.